The van der Waals surface area contributed by atoms with Gasteiger partial charge < -0.3 is 11.1 Å². The molecule has 19 heavy (non-hydrogen) atoms. The second kappa shape index (κ2) is 8.57. The van der Waals surface area contributed by atoms with Gasteiger partial charge in [-0.25, -0.2) is 0 Å². The summed E-state index contributed by atoms with van der Waals surface area (Å²) in [5.41, 5.74) is 5.72. The number of rotatable bonds is 7. The quantitative estimate of drug-likeness (QED) is 0.745. The predicted molar refractivity (Wildman–Crippen MR) is 80.8 cm³/mol. The lowest BCUT2D eigenvalue weighted by Crippen LogP contribution is -2.34. The molecule has 2 unspecified atom stereocenters. The fraction of sp³-hybridized carbons (Fsp3) is 0.938. The lowest BCUT2D eigenvalue weighted by Gasteiger charge is -2.26. The van der Waals surface area contributed by atoms with Crippen LogP contribution in [0.1, 0.15) is 65.7 Å². The van der Waals surface area contributed by atoms with Gasteiger partial charge in [-0.3, -0.25) is 4.79 Å². The van der Waals surface area contributed by atoms with Gasteiger partial charge in [0.2, 0.25) is 5.91 Å². The number of nitrogens with two attached hydrogens (primary N) is 1. The molecule has 0 saturated heterocycles. The van der Waals surface area contributed by atoms with Crippen LogP contribution >= 0.6 is 0 Å². The van der Waals surface area contributed by atoms with Gasteiger partial charge in [-0.05, 0) is 44.4 Å². The molecule has 3 N–H and O–H groups in total. The third-order valence-corrected chi connectivity index (χ3v) is 4.44. The Labute approximate surface area is 118 Å². The van der Waals surface area contributed by atoms with E-state index in [1.807, 2.05) is 13.8 Å². The summed E-state index contributed by atoms with van der Waals surface area (Å²) in [7, 11) is 0. The maximum absolute atomic E-state index is 12.0. The van der Waals surface area contributed by atoms with Crippen LogP contribution in [-0.4, -0.2) is 18.5 Å². The highest BCUT2D eigenvalue weighted by atomic mass is 16.1. The molecule has 0 bridgehead atoms. The van der Waals surface area contributed by atoms with Crippen molar-refractivity contribution in [3.8, 4) is 0 Å². The summed E-state index contributed by atoms with van der Waals surface area (Å²) >= 11 is 0. The lowest BCUT2D eigenvalue weighted by molar-refractivity contribution is -0.125. The molecule has 1 amide bonds. The number of carbonyl (C=O) groups excluding carboxylic acids is 1. The first-order valence-electron chi connectivity index (χ1n) is 8.02. The van der Waals surface area contributed by atoms with E-state index in [1.54, 1.807) is 0 Å². The fourth-order valence-corrected chi connectivity index (χ4v) is 2.83. The average molecular weight is 268 g/mol. The first-order valence-corrected chi connectivity index (χ1v) is 8.02. The van der Waals surface area contributed by atoms with Crippen molar-refractivity contribution in [3.63, 3.8) is 0 Å². The maximum atomic E-state index is 12.0. The normalized spacial score (nSPS) is 26.7. The Kier molecular flexibility index (Phi) is 7.44. The molecular formula is C16H32N2O. The Morgan fingerprint density at radius 1 is 1.21 bits per heavy atom. The number of carbonyl (C=O) groups is 1. The second-order valence-electron chi connectivity index (χ2n) is 6.68. The molecule has 0 heterocycles. The summed E-state index contributed by atoms with van der Waals surface area (Å²) in [6.45, 7) is 7.26. The number of hydrogen-bond donors (Lipinski definition) is 2. The minimum absolute atomic E-state index is 0.126. The zero-order valence-corrected chi connectivity index (χ0v) is 13.0. The van der Waals surface area contributed by atoms with E-state index in [0.29, 0.717) is 5.92 Å². The summed E-state index contributed by atoms with van der Waals surface area (Å²) in [5, 5.41) is 3.13. The van der Waals surface area contributed by atoms with Crippen molar-refractivity contribution in [2.45, 2.75) is 71.8 Å². The van der Waals surface area contributed by atoms with Crippen LogP contribution in [0, 0.1) is 17.8 Å². The molecule has 0 radical (unpaired) electrons. The molecular weight excluding hydrogens is 236 g/mol. The molecule has 1 aliphatic rings. The summed E-state index contributed by atoms with van der Waals surface area (Å²) < 4.78 is 0. The van der Waals surface area contributed by atoms with Gasteiger partial charge >= 0.3 is 0 Å². The zero-order chi connectivity index (χ0) is 14.3. The van der Waals surface area contributed by atoms with Crippen LogP contribution < -0.4 is 11.1 Å². The third-order valence-electron chi connectivity index (χ3n) is 4.44. The molecule has 1 aliphatic carbocycles. The van der Waals surface area contributed by atoms with Crippen LogP contribution in [0.15, 0.2) is 0 Å². The van der Waals surface area contributed by atoms with E-state index in [0.717, 1.165) is 31.7 Å². The van der Waals surface area contributed by atoms with E-state index in [2.05, 4.69) is 12.2 Å². The van der Waals surface area contributed by atoms with Gasteiger partial charge in [-0.15, -0.1) is 0 Å². The molecule has 3 nitrogen and oxygen atoms in total. The van der Waals surface area contributed by atoms with E-state index in [-0.39, 0.29) is 17.9 Å². The molecule has 0 spiro atoms. The minimum Gasteiger partial charge on any atom is -0.356 e. The average Bonchev–Trinajstić information content (AvgIpc) is 2.37. The predicted octanol–water partition coefficient (Wildman–Crippen LogP) is 3.08. The second-order valence-corrected chi connectivity index (χ2v) is 6.68. The third kappa shape index (κ3) is 6.95. The zero-order valence-electron chi connectivity index (χ0n) is 13.0. The topological polar surface area (TPSA) is 55.1 Å². The lowest BCUT2D eigenvalue weighted by atomic mass is 9.83. The van der Waals surface area contributed by atoms with Crippen LogP contribution in [0.4, 0.5) is 0 Å². The van der Waals surface area contributed by atoms with Gasteiger partial charge in [-0.1, -0.05) is 33.1 Å². The van der Waals surface area contributed by atoms with Crippen LogP contribution in [-0.2, 0) is 4.79 Å². The SMILES string of the molecule is CC(N)CCCC(C)C(=O)NCC1CCC(C)CC1. The Balaban J connectivity index is 2.12. The summed E-state index contributed by atoms with van der Waals surface area (Å²) in [4.78, 5) is 12.0. The van der Waals surface area contributed by atoms with Crippen LogP contribution in [0.3, 0.4) is 0 Å². The van der Waals surface area contributed by atoms with Gasteiger partial charge in [0.25, 0.3) is 0 Å². The Morgan fingerprint density at radius 3 is 2.42 bits per heavy atom. The van der Waals surface area contributed by atoms with Crippen molar-refractivity contribution in [1.29, 1.82) is 0 Å². The number of amides is 1. The summed E-state index contributed by atoms with van der Waals surface area (Å²) in [6, 6.07) is 0.250. The largest absolute Gasteiger partial charge is 0.356 e. The highest BCUT2D eigenvalue weighted by Gasteiger charge is 2.20. The van der Waals surface area contributed by atoms with Crippen LogP contribution in [0.25, 0.3) is 0 Å². The molecule has 0 aromatic carbocycles. The van der Waals surface area contributed by atoms with E-state index < -0.39 is 0 Å². The first-order chi connectivity index (χ1) is 8.99. The van der Waals surface area contributed by atoms with Gasteiger partial charge in [0.05, 0.1) is 0 Å². The van der Waals surface area contributed by atoms with Crippen molar-refractivity contribution in [1.82, 2.24) is 5.32 Å². The Hall–Kier alpha value is -0.570. The number of hydrogen-bond acceptors (Lipinski definition) is 2. The Morgan fingerprint density at radius 2 is 1.84 bits per heavy atom. The van der Waals surface area contributed by atoms with E-state index >= 15 is 0 Å². The summed E-state index contributed by atoms with van der Waals surface area (Å²) in [6.07, 6.45) is 8.22. The van der Waals surface area contributed by atoms with E-state index in [4.69, 9.17) is 5.73 Å². The van der Waals surface area contributed by atoms with Gasteiger partial charge in [0, 0.05) is 18.5 Å². The standard InChI is InChI=1S/C16H32N2O/c1-12-7-9-15(10-8-12)11-18-16(19)13(2)5-4-6-14(3)17/h12-15H,4-11,17H2,1-3H3,(H,18,19). The van der Waals surface area contributed by atoms with Crippen molar-refractivity contribution < 1.29 is 4.79 Å². The molecule has 0 aliphatic heterocycles. The van der Waals surface area contributed by atoms with Crippen LogP contribution in [0.5, 0.6) is 0 Å². The fourth-order valence-electron chi connectivity index (χ4n) is 2.83. The maximum Gasteiger partial charge on any atom is 0.222 e. The minimum atomic E-state index is 0.126. The summed E-state index contributed by atoms with van der Waals surface area (Å²) in [5.74, 6) is 1.94. The van der Waals surface area contributed by atoms with Gasteiger partial charge in [0.15, 0.2) is 0 Å². The number of nitrogens with one attached hydrogen (secondary N) is 1. The molecule has 112 valence electrons. The molecule has 1 fully saturated rings. The van der Waals surface area contributed by atoms with E-state index in [1.165, 1.54) is 25.7 Å². The molecule has 1 rings (SSSR count). The molecule has 0 aromatic heterocycles. The first kappa shape index (κ1) is 16.5. The Bertz CT molecular complexity index is 257. The highest BCUT2D eigenvalue weighted by molar-refractivity contribution is 5.78. The van der Waals surface area contributed by atoms with Crippen molar-refractivity contribution in [2.24, 2.45) is 23.5 Å². The molecule has 1 saturated carbocycles. The van der Waals surface area contributed by atoms with Crippen LogP contribution in [0.2, 0.25) is 0 Å². The van der Waals surface area contributed by atoms with Gasteiger partial charge in [0.1, 0.15) is 0 Å². The van der Waals surface area contributed by atoms with Crippen molar-refractivity contribution >= 4 is 5.91 Å². The molecule has 0 aromatic rings. The van der Waals surface area contributed by atoms with E-state index in [9.17, 15) is 4.79 Å². The smallest absolute Gasteiger partial charge is 0.222 e. The van der Waals surface area contributed by atoms with Crippen molar-refractivity contribution in [2.75, 3.05) is 6.54 Å². The van der Waals surface area contributed by atoms with Gasteiger partial charge in [-0.2, -0.15) is 0 Å². The highest BCUT2D eigenvalue weighted by Crippen LogP contribution is 2.27. The monoisotopic (exact) mass is 268 g/mol. The van der Waals surface area contributed by atoms with Crippen molar-refractivity contribution in [3.05, 3.63) is 0 Å². The molecule has 3 heteroatoms. The molecule has 2 atom stereocenters.